The summed E-state index contributed by atoms with van der Waals surface area (Å²) in [6.45, 7) is 0.572. The number of nitrogens with zero attached hydrogens (tertiary/aromatic N) is 4. The summed E-state index contributed by atoms with van der Waals surface area (Å²) in [5.41, 5.74) is 0.563. The predicted octanol–water partition coefficient (Wildman–Crippen LogP) is 4.75. The third-order valence-electron chi connectivity index (χ3n) is 9.14. The van der Waals surface area contributed by atoms with E-state index in [2.05, 4.69) is 15.5 Å². The van der Waals surface area contributed by atoms with Crippen LogP contribution in [0.2, 0.25) is 0 Å². The van der Waals surface area contributed by atoms with Gasteiger partial charge in [-0.2, -0.15) is 13.2 Å². The molecule has 11 heteroatoms. The number of alkyl halides is 3. The van der Waals surface area contributed by atoms with Crippen LogP contribution < -0.4 is 10.2 Å². The summed E-state index contributed by atoms with van der Waals surface area (Å²) in [4.78, 5) is 15.1. The van der Waals surface area contributed by atoms with Gasteiger partial charge < -0.3 is 24.3 Å². The van der Waals surface area contributed by atoms with Crippen molar-refractivity contribution in [1.29, 1.82) is 0 Å². The lowest BCUT2D eigenvalue weighted by Gasteiger charge is -2.46. The number of nitrogens with one attached hydrogen (secondary N) is 1. The number of hydrogen-bond donors (Lipinski definition) is 1. The fourth-order valence-corrected chi connectivity index (χ4v) is 6.69. The van der Waals surface area contributed by atoms with Crippen molar-refractivity contribution in [2.24, 2.45) is 7.05 Å². The van der Waals surface area contributed by atoms with E-state index in [1.54, 1.807) is 32.7 Å². The fourth-order valence-electron chi connectivity index (χ4n) is 6.69. The second kappa shape index (κ2) is 10.2. The summed E-state index contributed by atoms with van der Waals surface area (Å²) >= 11 is 0. The average molecular weight is 570 g/mol. The van der Waals surface area contributed by atoms with Gasteiger partial charge in [0.1, 0.15) is 12.2 Å². The Kier molecular flexibility index (Phi) is 6.94. The number of benzene rings is 2. The number of hydrogen-bond acceptors (Lipinski definition) is 6. The number of carbonyl (C=O) groups is 1. The van der Waals surface area contributed by atoms with Crippen molar-refractivity contribution in [2.75, 3.05) is 25.7 Å². The van der Waals surface area contributed by atoms with E-state index in [1.807, 2.05) is 29.8 Å². The van der Waals surface area contributed by atoms with Gasteiger partial charge in [0.2, 0.25) is 0 Å². The van der Waals surface area contributed by atoms with Crippen LogP contribution in [0.1, 0.15) is 70.5 Å². The molecule has 2 fully saturated rings. The zero-order valence-electron chi connectivity index (χ0n) is 23.4. The monoisotopic (exact) mass is 569 g/mol. The quantitative estimate of drug-likeness (QED) is 0.401. The van der Waals surface area contributed by atoms with Gasteiger partial charge in [-0.3, -0.25) is 4.79 Å². The Labute approximate surface area is 236 Å². The summed E-state index contributed by atoms with van der Waals surface area (Å²) in [7, 11) is 5.18. The molecule has 0 spiro atoms. The first-order chi connectivity index (χ1) is 19.6. The zero-order valence-corrected chi connectivity index (χ0v) is 23.4. The van der Waals surface area contributed by atoms with Gasteiger partial charge in [-0.1, -0.05) is 12.1 Å². The fraction of sp³-hybridized carbons (Fsp3) is 0.500. The lowest BCUT2D eigenvalue weighted by molar-refractivity contribution is -0.138. The van der Waals surface area contributed by atoms with Crippen molar-refractivity contribution >= 4 is 11.6 Å². The van der Waals surface area contributed by atoms with Crippen LogP contribution in [0.4, 0.5) is 18.9 Å². The van der Waals surface area contributed by atoms with Crippen LogP contribution in [0.25, 0.3) is 0 Å². The van der Waals surface area contributed by atoms with E-state index < -0.39 is 23.1 Å². The summed E-state index contributed by atoms with van der Waals surface area (Å²) in [5, 5.41) is 11.8. The lowest BCUT2D eigenvalue weighted by Crippen LogP contribution is -2.53. The Morgan fingerprint density at radius 2 is 1.93 bits per heavy atom. The van der Waals surface area contributed by atoms with Gasteiger partial charge in [0.05, 0.1) is 30.2 Å². The minimum Gasteiger partial charge on any atom is -0.383 e. The molecule has 3 aromatic rings. The molecule has 0 atom stereocenters. The second-order valence-corrected chi connectivity index (χ2v) is 11.6. The van der Waals surface area contributed by atoms with Gasteiger partial charge >= 0.3 is 6.18 Å². The van der Waals surface area contributed by atoms with Crippen molar-refractivity contribution in [2.45, 2.75) is 68.4 Å². The predicted molar refractivity (Wildman–Crippen MR) is 146 cm³/mol. The van der Waals surface area contributed by atoms with Crippen molar-refractivity contribution in [3.05, 3.63) is 76.4 Å². The van der Waals surface area contributed by atoms with Crippen LogP contribution in [0.3, 0.4) is 0 Å². The average Bonchev–Trinajstić information content (AvgIpc) is 3.47. The van der Waals surface area contributed by atoms with Crippen LogP contribution in [0.15, 0.2) is 42.7 Å². The molecule has 2 saturated carbocycles. The first-order valence-electron chi connectivity index (χ1n) is 13.9. The molecule has 0 unspecified atom stereocenters. The number of ether oxygens (including phenoxy) is 2. The van der Waals surface area contributed by atoms with Crippen molar-refractivity contribution < 1.29 is 27.4 Å². The molecule has 8 nitrogen and oxygen atoms in total. The minimum absolute atomic E-state index is 0.0120. The summed E-state index contributed by atoms with van der Waals surface area (Å²) in [6.07, 6.45) is 1.34. The molecule has 6 rings (SSSR count). The van der Waals surface area contributed by atoms with Gasteiger partial charge in [-0.25, -0.2) is 0 Å². The summed E-state index contributed by atoms with van der Waals surface area (Å²) in [5.74, 6) is 0.351. The number of halogens is 3. The van der Waals surface area contributed by atoms with E-state index in [0.29, 0.717) is 30.7 Å². The van der Waals surface area contributed by atoms with Gasteiger partial charge in [0.15, 0.2) is 0 Å². The molecule has 2 aromatic carbocycles. The number of methoxy groups -OCH3 is 2. The number of aromatic nitrogens is 3. The topological polar surface area (TPSA) is 81.5 Å². The molecular weight excluding hydrogens is 535 g/mol. The van der Waals surface area contributed by atoms with Crippen molar-refractivity contribution in [3.63, 3.8) is 0 Å². The van der Waals surface area contributed by atoms with Crippen LogP contribution >= 0.6 is 0 Å². The van der Waals surface area contributed by atoms with Crippen LogP contribution in [0.5, 0.6) is 0 Å². The van der Waals surface area contributed by atoms with Gasteiger partial charge in [0.25, 0.3) is 5.91 Å². The molecule has 1 N–H and O–H groups in total. The van der Waals surface area contributed by atoms with E-state index in [9.17, 15) is 18.0 Å². The molecular formula is C30H34F3N5O3. The normalized spacial score (nSPS) is 23.3. The highest BCUT2D eigenvalue weighted by molar-refractivity contribution is 6.10. The maximum absolute atomic E-state index is 14.3. The molecule has 41 heavy (non-hydrogen) atoms. The van der Waals surface area contributed by atoms with E-state index in [0.717, 1.165) is 30.7 Å². The Morgan fingerprint density at radius 1 is 1.15 bits per heavy atom. The number of fused-ring (bicyclic) bond motifs is 1. The Hall–Kier alpha value is -3.28. The highest BCUT2D eigenvalue weighted by atomic mass is 19.4. The number of rotatable bonds is 9. The van der Waals surface area contributed by atoms with Gasteiger partial charge in [-0.15, -0.1) is 10.2 Å². The molecule has 0 saturated heterocycles. The third-order valence-corrected chi connectivity index (χ3v) is 9.14. The minimum atomic E-state index is -4.59. The number of amides is 1. The zero-order chi connectivity index (χ0) is 29.0. The highest BCUT2D eigenvalue weighted by Gasteiger charge is 2.50. The van der Waals surface area contributed by atoms with Crippen molar-refractivity contribution in [1.82, 2.24) is 20.1 Å². The largest absolute Gasteiger partial charge is 0.416 e. The van der Waals surface area contributed by atoms with E-state index >= 15 is 0 Å². The summed E-state index contributed by atoms with van der Waals surface area (Å²) < 4.78 is 55.7. The van der Waals surface area contributed by atoms with E-state index in [-0.39, 0.29) is 35.9 Å². The SMILES string of the molecule is COCC1(NCc2cc3c(c(C(F)(F)F)c2)CN(c2cccc(C4(c5nncn5C)CC(OC)C4)c2)C3=O)CCC1. The number of anilines is 1. The maximum Gasteiger partial charge on any atom is 0.416 e. The lowest BCUT2D eigenvalue weighted by atomic mass is 9.62. The molecule has 1 aromatic heterocycles. The van der Waals surface area contributed by atoms with Gasteiger partial charge in [0, 0.05) is 44.6 Å². The molecule has 2 aliphatic carbocycles. The Morgan fingerprint density at radius 3 is 2.54 bits per heavy atom. The first kappa shape index (κ1) is 27.9. The molecule has 2 heterocycles. The van der Waals surface area contributed by atoms with Crippen LogP contribution in [-0.4, -0.2) is 53.1 Å². The first-order valence-corrected chi connectivity index (χ1v) is 13.9. The maximum atomic E-state index is 14.3. The second-order valence-electron chi connectivity index (χ2n) is 11.6. The summed E-state index contributed by atoms with van der Waals surface area (Å²) in [6, 6.07) is 10.3. The Balaban J connectivity index is 1.32. The molecule has 1 amide bonds. The van der Waals surface area contributed by atoms with Crippen molar-refractivity contribution in [3.8, 4) is 0 Å². The smallest absolute Gasteiger partial charge is 0.383 e. The third kappa shape index (κ3) is 4.73. The molecule has 0 radical (unpaired) electrons. The number of aryl methyl sites for hydroxylation is 1. The molecule has 218 valence electrons. The molecule has 0 bridgehead atoms. The van der Waals surface area contributed by atoms with Crippen LogP contribution in [0, 0.1) is 0 Å². The molecule has 1 aliphatic heterocycles. The standard InChI is InChI=1S/C30H34F3N5O3/c1-37-18-35-36-27(37)29(13-22(14-29)41-3)20-6-4-7-21(12-20)38-16-24-23(26(38)39)10-19(11-25(24)30(31,32)33)15-34-28(17-40-2)8-5-9-28/h4,6-7,10-12,18,22,34H,5,8-9,13-17H2,1-3H3. The van der Waals surface area contributed by atoms with E-state index in [1.165, 1.54) is 11.0 Å². The Bertz CT molecular complexity index is 1460. The van der Waals surface area contributed by atoms with E-state index in [4.69, 9.17) is 9.47 Å². The highest BCUT2D eigenvalue weighted by Crippen LogP contribution is 2.50. The number of carbonyl (C=O) groups excluding carboxylic acids is 1. The van der Waals surface area contributed by atoms with Gasteiger partial charge in [-0.05, 0) is 73.1 Å². The van der Waals surface area contributed by atoms with Crippen LogP contribution in [-0.2, 0) is 41.2 Å². The molecule has 3 aliphatic rings.